The first kappa shape index (κ1) is 13.6. The molecule has 0 saturated carbocycles. The fourth-order valence-electron chi connectivity index (χ4n) is 2.05. The summed E-state index contributed by atoms with van der Waals surface area (Å²) in [5.41, 5.74) is 5.00. The minimum Gasteiger partial charge on any atom is -0.117 e. The Morgan fingerprint density at radius 3 is 2.39 bits per heavy atom. The summed E-state index contributed by atoms with van der Waals surface area (Å²) < 4.78 is 1.12. The number of alkyl halides is 1. The van der Waals surface area contributed by atoms with Crippen LogP contribution in [0.2, 0.25) is 0 Å². The highest BCUT2D eigenvalue weighted by Crippen LogP contribution is 2.33. The van der Waals surface area contributed by atoms with E-state index < -0.39 is 0 Å². The maximum Gasteiger partial charge on any atom is 0.0636 e. The molecule has 2 aromatic rings. The molecule has 0 aliphatic carbocycles. The van der Waals surface area contributed by atoms with Crippen LogP contribution in [0.25, 0.3) is 0 Å². The number of rotatable bonds is 3. The molecule has 2 aromatic carbocycles. The molecule has 1 atom stereocenters. The Morgan fingerprint density at radius 1 is 1.00 bits per heavy atom. The van der Waals surface area contributed by atoms with E-state index >= 15 is 0 Å². The Morgan fingerprint density at radius 2 is 1.67 bits per heavy atom. The first-order chi connectivity index (χ1) is 8.59. The summed E-state index contributed by atoms with van der Waals surface area (Å²) in [7, 11) is 0. The third-order valence-electron chi connectivity index (χ3n) is 3.22. The molecule has 0 N–H and O–H groups in total. The molecule has 0 aliphatic heterocycles. The Labute approximate surface area is 122 Å². The average Bonchev–Trinajstić information content (AvgIpc) is 2.35. The molecule has 0 amide bonds. The van der Waals surface area contributed by atoms with Crippen LogP contribution >= 0.6 is 27.5 Å². The van der Waals surface area contributed by atoms with Crippen LogP contribution in [-0.2, 0) is 6.42 Å². The van der Waals surface area contributed by atoms with Gasteiger partial charge in [-0.1, -0.05) is 58.4 Å². The van der Waals surface area contributed by atoms with E-state index in [1.54, 1.807) is 0 Å². The summed E-state index contributed by atoms with van der Waals surface area (Å²) in [5, 5.41) is 0.000347. The van der Waals surface area contributed by atoms with Crippen LogP contribution in [0.3, 0.4) is 0 Å². The van der Waals surface area contributed by atoms with Crippen molar-refractivity contribution in [2.45, 2.75) is 25.6 Å². The topological polar surface area (TPSA) is 0 Å². The average molecular weight is 324 g/mol. The van der Waals surface area contributed by atoms with Gasteiger partial charge < -0.3 is 0 Å². The van der Waals surface area contributed by atoms with Crippen molar-refractivity contribution in [1.82, 2.24) is 0 Å². The van der Waals surface area contributed by atoms with Crippen molar-refractivity contribution in [3.8, 4) is 0 Å². The molecule has 0 aliphatic rings. The molecule has 18 heavy (non-hydrogen) atoms. The standard InChI is InChI=1S/C16H16BrCl/c1-11-6-3-4-8-13(11)10-15(18)14-9-5-7-12(2)16(14)17/h3-9,15H,10H2,1-2H3. The van der Waals surface area contributed by atoms with Crippen molar-refractivity contribution in [2.75, 3.05) is 0 Å². The largest absolute Gasteiger partial charge is 0.117 e. The lowest BCUT2D eigenvalue weighted by atomic mass is 9.99. The van der Waals surface area contributed by atoms with E-state index in [-0.39, 0.29) is 5.38 Å². The Balaban J connectivity index is 2.25. The van der Waals surface area contributed by atoms with Gasteiger partial charge in [0, 0.05) is 4.47 Å². The summed E-state index contributed by atoms with van der Waals surface area (Å²) in [6.45, 7) is 4.22. The number of benzene rings is 2. The number of hydrogen-bond acceptors (Lipinski definition) is 0. The predicted octanol–water partition coefficient (Wildman–Crippen LogP) is 5.59. The zero-order valence-corrected chi connectivity index (χ0v) is 12.9. The molecule has 2 heteroatoms. The van der Waals surface area contributed by atoms with E-state index in [9.17, 15) is 0 Å². The molecular formula is C16H16BrCl. The lowest BCUT2D eigenvalue weighted by Crippen LogP contribution is -1.99. The molecule has 0 bridgehead atoms. The highest BCUT2D eigenvalue weighted by Gasteiger charge is 2.14. The first-order valence-corrected chi connectivity index (χ1v) is 7.26. The summed E-state index contributed by atoms with van der Waals surface area (Å²) >= 11 is 10.2. The highest BCUT2D eigenvalue weighted by atomic mass is 79.9. The smallest absolute Gasteiger partial charge is 0.0636 e. The van der Waals surface area contributed by atoms with Crippen LogP contribution in [0, 0.1) is 13.8 Å². The normalized spacial score (nSPS) is 12.4. The van der Waals surface area contributed by atoms with Crippen molar-refractivity contribution < 1.29 is 0 Å². The van der Waals surface area contributed by atoms with Gasteiger partial charge in [-0.25, -0.2) is 0 Å². The molecule has 0 aromatic heterocycles. The van der Waals surface area contributed by atoms with E-state index in [0.29, 0.717) is 0 Å². The Kier molecular flexibility index (Phi) is 4.47. The van der Waals surface area contributed by atoms with Crippen LogP contribution in [0.4, 0.5) is 0 Å². The van der Waals surface area contributed by atoms with Gasteiger partial charge in [-0.15, -0.1) is 11.6 Å². The molecule has 0 spiro atoms. The predicted molar refractivity (Wildman–Crippen MR) is 82.4 cm³/mol. The SMILES string of the molecule is Cc1ccccc1CC(Cl)c1cccc(C)c1Br. The van der Waals surface area contributed by atoms with Gasteiger partial charge in [-0.05, 0) is 42.5 Å². The first-order valence-electron chi connectivity index (χ1n) is 6.03. The van der Waals surface area contributed by atoms with Gasteiger partial charge in [-0.2, -0.15) is 0 Å². The summed E-state index contributed by atoms with van der Waals surface area (Å²) in [4.78, 5) is 0. The Hall–Kier alpha value is -0.790. The fraction of sp³-hybridized carbons (Fsp3) is 0.250. The molecular weight excluding hydrogens is 308 g/mol. The third kappa shape index (κ3) is 2.96. The zero-order valence-electron chi connectivity index (χ0n) is 10.6. The van der Waals surface area contributed by atoms with Gasteiger partial charge in [0.15, 0.2) is 0 Å². The molecule has 0 saturated heterocycles. The van der Waals surface area contributed by atoms with E-state index in [1.807, 2.05) is 0 Å². The number of aryl methyl sites for hydroxylation is 2. The number of halogens is 2. The molecule has 0 nitrogen and oxygen atoms in total. The van der Waals surface area contributed by atoms with Crippen molar-refractivity contribution >= 4 is 27.5 Å². The maximum atomic E-state index is 6.56. The second kappa shape index (κ2) is 5.90. The van der Waals surface area contributed by atoms with Gasteiger partial charge in [0.25, 0.3) is 0 Å². The lowest BCUT2D eigenvalue weighted by molar-refractivity contribution is 0.903. The molecule has 1 unspecified atom stereocenters. The van der Waals surface area contributed by atoms with Gasteiger partial charge in [-0.3, -0.25) is 0 Å². The fourth-order valence-corrected chi connectivity index (χ4v) is 3.07. The van der Waals surface area contributed by atoms with Crippen molar-refractivity contribution in [3.63, 3.8) is 0 Å². The number of hydrogen-bond donors (Lipinski definition) is 0. The third-order valence-corrected chi connectivity index (χ3v) is 4.69. The van der Waals surface area contributed by atoms with Gasteiger partial charge >= 0.3 is 0 Å². The minimum absolute atomic E-state index is 0.000347. The van der Waals surface area contributed by atoms with Gasteiger partial charge in [0.1, 0.15) is 0 Å². The quantitative estimate of drug-likeness (QED) is 0.646. The van der Waals surface area contributed by atoms with E-state index in [4.69, 9.17) is 11.6 Å². The van der Waals surface area contributed by atoms with Crippen LogP contribution in [-0.4, -0.2) is 0 Å². The van der Waals surface area contributed by atoms with Crippen LogP contribution in [0.1, 0.15) is 27.6 Å². The second-order valence-electron chi connectivity index (χ2n) is 4.58. The molecule has 0 fully saturated rings. The van der Waals surface area contributed by atoms with Crippen molar-refractivity contribution in [1.29, 1.82) is 0 Å². The summed E-state index contributed by atoms with van der Waals surface area (Å²) in [6, 6.07) is 14.6. The lowest BCUT2D eigenvalue weighted by Gasteiger charge is -2.14. The second-order valence-corrected chi connectivity index (χ2v) is 5.90. The monoisotopic (exact) mass is 322 g/mol. The Bertz CT molecular complexity index is 549. The summed E-state index contributed by atoms with van der Waals surface area (Å²) in [6.07, 6.45) is 0.857. The van der Waals surface area contributed by atoms with E-state index in [0.717, 1.165) is 10.9 Å². The van der Waals surface area contributed by atoms with Crippen LogP contribution < -0.4 is 0 Å². The molecule has 0 radical (unpaired) electrons. The van der Waals surface area contributed by atoms with Crippen molar-refractivity contribution in [3.05, 3.63) is 69.2 Å². The van der Waals surface area contributed by atoms with Gasteiger partial charge in [0.2, 0.25) is 0 Å². The minimum atomic E-state index is 0.000347. The zero-order chi connectivity index (χ0) is 13.1. The molecule has 2 rings (SSSR count). The van der Waals surface area contributed by atoms with Crippen LogP contribution in [0.5, 0.6) is 0 Å². The van der Waals surface area contributed by atoms with Crippen molar-refractivity contribution in [2.24, 2.45) is 0 Å². The van der Waals surface area contributed by atoms with E-state index in [2.05, 4.69) is 72.2 Å². The highest BCUT2D eigenvalue weighted by molar-refractivity contribution is 9.10. The maximum absolute atomic E-state index is 6.56. The van der Waals surface area contributed by atoms with Gasteiger partial charge in [0.05, 0.1) is 5.38 Å². The van der Waals surface area contributed by atoms with E-state index in [1.165, 1.54) is 22.3 Å². The van der Waals surface area contributed by atoms with Crippen LogP contribution in [0.15, 0.2) is 46.9 Å². The molecule has 94 valence electrons. The molecule has 0 heterocycles. The summed E-state index contributed by atoms with van der Waals surface area (Å²) in [5.74, 6) is 0.